The summed E-state index contributed by atoms with van der Waals surface area (Å²) in [6.45, 7) is 2.35. The van der Waals surface area contributed by atoms with Crippen LogP contribution in [-0.2, 0) is 0 Å². The zero-order chi connectivity index (χ0) is 15.4. The van der Waals surface area contributed by atoms with Crippen molar-refractivity contribution in [2.24, 2.45) is 5.92 Å². The van der Waals surface area contributed by atoms with Gasteiger partial charge in [-0.25, -0.2) is 4.79 Å². The minimum Gasteiger partial charge on any atom is -0.478 e. The van der Waals surface area contributed by atoms with Crippen LogP contribution in [0, 0.1) is 23.0 Å². The second kappa shape index (κ2) is 6.56. The molecule has 1 aliphatic carbocycles. The molecule has 0 heterocycles. The van der Waals surface area contributed by atoms with Crippen molar-refractivity contribution in [2.45, 2.75) is 39.0 Å². The fraction of sp³-hybridized carbons (Fsp3) is 0.533. The first kappa shape index (κ1) is 15.3. The molecule has 6 heteroatoms. The minimum atomic E-state index is -1.16. The number of hydrogen-bond acceptors (Lipinski definition) is 4. The molecule has 2 N–H and O–H groups in total. The van der Waals surface area contributed by atoms with Crippen LogP contribution in [-0.4, -0.2) is 22.5 Å². The summed E-state index contributed by atoms with van der Waals surface area (Å²) in [5, 5.41) is 23.2. The molecule has 0 radical (unpaired) electrons. The highest BCUT2D eigenvalue weighted by atomic mass is 16.6. The highest BCUT2D eigenvalue weighted by Gasteiger charge is 2.19. The van der Waals surface area contributed by atoms with Gasteiger partial charge in [-0.3, -0.25) is 10.1 Å². The number of carbonyl (C=O) groups is 1. The van der Waals surface area contributed by atoms with Crippen LogP contribution >= 0.6 is 0 Å². The lowest BCUT2D eigenvalue weighted by Gasteiger charge is -2.13. The van der Waals surface area contributed by atoms with Gasteiger partial charge in [-0.05, 0) is 25.3 Å². The van der Waals surface area contributed by atoms with E-state index in [9.17, 15) is 14.9 Å². The van der Waals surface area contributed by atoms with Gasteiger partial charge in [0.05, 0.1) is 10.5 Å². The topological polar surface area (TPSA) is 92.5 Å². The number of carboxylic acids is 1. The van der Waals surface area contributed by atoms with Gasteiger partial charge in [-0.1, -0.05) is 25.7 Å². The number of hydrogen-bond donors (Lipinski definition) is 2. The minimum absolute atomic E-state index is 0.0596. The van der Waals surface area contributed by atoms with Crippen molar-refractivity contribution in [1.29, 1.82) is 0 Å². The quantitative estimate of drug-likeness (QED) is 0.617. The third-order valence-corrected chi connectivity index (χ3v) is 4.17. The third-order valence-electron chi connectivity index (χ3n) is 4.17. The summed E-state index contributed by atoms with van der Waals surface area (Å²) in [5.74, 6) is -0.438. The second-order valence-electron chi connectivity index (χ2n) is 5.60. The van der Waals surface area contributed by atoms with Crippen LogP contribution in [0.1, 0.15) is 48.0 Å². The lowest BCUT2D eigenvalue weighted by molar-refractivity contribution is -0.385. The van der Waals surface area contributed by atoms with Gasteiger partial charge in [0.1, 0.15) is 0 Å². The van der Waals surface area contributed by atoms with Crippen LogP contribution in [0.2, 0.25) is 0 Å². The van der Waals surface area contributed by atoms with Crippen molar-refractivity contribution in [3.05, 3.63) is 33.4 Å². The summed E-state index contributed by atoms with van der Waals surface area (Å²) >= 11 is 0. The Morgan fingerprint density at radius 1 is 1.43 bits per heavy atom. The Bertz CT molecular complexity index is 551. The number of benzene rings is 1. The van der Waals surface area contributed by atoms with Crippen molar-refractivity contribution in [3.63, 3.8) is 0 Å². The van der Waals surface area contributed by atoms with E-state index in [1.54, 1.807) is 6.92 Å². The predicted octanol–water partition coefficient (Wildman–Crippen LogP) is 3.59. The summed E-state index contributed by atoms with van der Waals surface area (Å²) in [5.41, 5.74) is 0.810. The molecule has 0 unspecified atom stereocenters. The number of nitrogens with one attached hydrogen (secondary N) is 1. The largest absolute Gasteiger partial charge is 0.478 e. The molecule has 1 aromatic carbocycles. The van der Waals surface area contributed by atoms with Gasteiger partial charge >= 0.3 is 5.97 Å². The predicted molar refractivity (Wildman–Crippen MR) is 79.9 cm³/mol. The summed E-state index contributed by atoms with van der Waals surface area (Å²) in [6.07, 6.45) is 6.07. The van der Waals surface area contributed by atoms with E-state index in [1.165, 1.54) is 31.7 Å². The molecule has 1 saturated carbocycles. The van der Waals surface area contributed by atoms with Gasteiger partial charge in [-0.15, -0.1) is 0 Å². The van der Waals surface area contributed by atoms with Gasteiger partial charge in [0.15, 0.2) is 0 Å². The van der Waals surface area contributed by atoms with E-state index >= 15 is 0 Å². The van der Waals surface area contributed by atoms with E-state index in [2.05, 4.69) is 5.32 Å². The molecule has 0 atom stereocenters. The number of nitrogens with zero attached hydrogens (tertiary/aromatic N) is 1. The van der Waals surface area contributed by atoms with E-state index in [-0.39, 0.29) is 11.3 Å². The fourth-order valence-corrected chi connectivity index (χ4v) is 2.91. The highest BCUT2D eigenvalue weighted by molar-refractivity contribution is 5.90. The maximum atomic E-state index is 11.1. The third kappa shape index (κ3) is 3.71. The monoisotopic (exact) mass is 292 g/mol. The van der Waals surface area contributed by atoms with Crippen LogP contribution in [0.4, 0.5) is 11.4 Å². The number of nitro groups is 1. The highest BCUT2D eigenvalue weighted by Crippen LogP contribution is 2.30. The molecule has 1 fully saturated rings. The number of rotatable bonds is 6. The molecule has 2 rings (SSSR count). The summed E-state index contributed by atoms with van der Waals surface area (Å²) in [6, 6.07) is 2.58. The number of carboxylic acid groups (broad SMARTS) is 1. The van der Waals surface area contributed by atoms with Crippen LogP contribution in [0.15, 0.2) is 12.1 Å². The van der Waals surface area contributed by atoms with E-state index in [4.69, 9.17) is 5.11 Å². The first-order valence-corrected chi connectivity index (χ1v) is 7.25. The standard InChI is InChI=1S/C15H20N2O4/c1-10-13(16-7-6-11-4-2-3-5-11)8-12(15(18)19)9-14(10)17(20)21/h8-9,11,16H,2-7H2,1H3,(H,18,19). The molecule has 1 aromatic rings. The molecule has 0 spiro atoms. The van der Waals surface area contributed by atoms with Crippen LogP contribution in [0.5, 0.6) is 0 Å². The summed E-state index contributed by atoms with van der Waals surface area (Å²) in [4.78, 5) is 21.6. The molecule has 21 heavy (non-hydrogen) atoms. The van der Waals surface area contributed by atoms with Crippen molar-refractivity contribution in [1.82, 2.24) is 0 Å². The SMILES string of the molecule is Cc1c(NCCC2CCCC2)cc(C(=O)O)cc1[N+](=O)[O-]. The van der Waals surface area contributed by atoms with Gasteiger partial charge < -0.3 is 10.4 Å². The summed E-state index contributed by atoms with van der Waals surface area (Å²) < 4.78 is 0. The molecule has 114 valence electrons. The molecular formula is C15H20N2O4. The first-order valence-electron chi connectivity index (χ1n) is 7.25. The van der Waals surface area contributed by atoms with E-state index in [0.717, 1.165) is 18.4 Å². The zero-order valence-corrected chi connectivity index (χ0v) is 12.1. The molecule has 0 aromatic heterocycles. The average molecular weight is 292 g/mol. The van der Waals surface area contributed by atoms with Gasteiger partial charge in [0.2, 0.25) is 0 Å². The Hall–Kier alpha value is -2.11. The Morgan fingerprint density at radius 3 is 2.67 bits per heavy atom. The van der Waals surface area contributed by atoms with Crippen molar-refractivity contribution < 1.29 is 14.8 Å². The number of nitro benzene ring substituents is 1. The average Bonchev–Trinajstić information content (AvgIpc) is 2.93. The Morgan fingerprint density at radius 2 is 2.10 bits per heavy atom. The maximum Gasteiger partial charge on any atom is 0.336 e. The zero-order valence-electron chi connectivity index (χ0n) is 12.1. The van der Waals surface area contributed by atoms with Crippen LogP contribution in [0.25, 0.3) is 0 Å². The van der Waals surface area contributed by atoms with Crippen molar-refractivity contribution in [2.75, 3.05) is 11.9 Å². The maximum absolute atomic E-state index is 11.1. The number of aromatic carboxylic acids is 1. The molecule has 6 nitrogen and oxygen atoms in total. The fourth-order valence-electron chi connectivity index (χ4n) is 2.91. The Balaban J connectivity index is 2.12. The first-order chi connectivity index (χ1) is 9.99. The van der Waals surface area contributed by atoms with Crippen molar-refractivity contribution >= 4 is 17.3 Å². The number of anilines is 1. The van der Waals surface area contributed by atoms with Gasteiger partial charge in [-0.2, -0.15) is 0 Å². The Labute approximate surface area is 123 Å². The van der Waals surface area contributed by atoms with Crippen LogP contribution < -0.4 is 5.32 Å². The molecule has 1 aliphatic rings. The van der Waals surface area contributed by atoms with E-state index in [1.807, 2.05) is 0 Å². The molecular weight excluding hydrogens is 272 g/mol. The second-order valence-corrected chi connectivity index (χ2v) is 5.60. The molecule has 0 amide bonds. The lowest BCUT2D eigenvalue weighted by Crippen LogP contribution is -2.10. The molecule has 0 bridgehead atoms. The van der Waals surface area contributed by atoms with E-state index < -0.39 is 10.9 Å². The normalized spacial score (nSPS) is 15.1. The van der Waals surface area contributed by atoms with Gasteiger partial charge in [0, 0.05) is 23.9 Å². The van der Waals surface area contributed by atoms with Gasteiger partial charge in [0.25, 0.3) is 5.69 Å². The lowest BCUT2D eigenvalue weighted by atomic mass is 10.0. The smallest absolute Gasteiger partial charge is 0.336 e. The Kier molecular flexibility index (Phi) is 4.77. The van der Waals surface area contributed by atoms with E-state index in [0.29, 0.717) is 17.8 Å². The molecule has 0 saturated heterocycles. The summed E-state index contributed by atoms with van der Waals surface area (Å²) in [7, 11) is 0. The molecule has 0 aliphatic heterocycles. The van der Waals surface area contributed by atoms with Crippen LogP contribution in [0.3, 0.4) is 0 Å². The van der Waals surface area contributed by atoms with Crippen molar-refractivity contribution in [3.8, 4) is 0 Å².